The Kier molecular flexibility index (Phi) is 8.21. The SMILES string of the molecule is C=Cc1ccccc1OC(C)OCCOC(=O)CCCC. The summed E-state index contributed by atoms with van der Waals surface area (Å²) in [7, 11) is 0. The van der Waals surface area contributed by atoms with Crippen molar-refractivity contribution < 1.29 is 19.0 Å². The molecule has 0 spiro atoms. The van der Waals surface area contributed by atoms with E-state index in [1.807, 2.05) is 31.2 Å². The summed E-state index contributed by atoms with van der Waals surface area (Å²) < 4.78 is 16.2. The Morgan fingerprint density at radius 3 is 2.81 bits per heavy atom. The molecule has 0 saturated carbocycles. The van der Waals surface area contributed by atoms with Gasteiger partial charge in [-0.05, 0) is 19.4 Å². The second-order valence-corrected chi connectivity index (χ2v) is 4.62. The molecule has 0 aromatic heterocycles. The van der Waals surface area contributed by atoms with Gasteiger partial charge in [0.05, 0.1) is 6.61 Å². The minimum atomic E-state index is -0.416. The highest BCUT2D eigenvalue weighted by atomic mass is 16.7. The minimum Gasteiger partial charge on any atom is -0.465 e. The van der Waals surface area contributed by atoms with Gasteiger partial charge < -0.3 is 14.2 Å². The van der Waals surface area contributed by atoms with Gasteiger partial charge in [-0.25, -0.2) is 0 Å². The molecule has 0 amide bonds. The monoisotopic (exact) mass is 292 g/mol. The van der Waals surface area contributed by atoms with E-state index in [2.05, 4.69) is 6.58 Å². The van der Waals surface area contributed by atoms with Gasteiger partial charge in [0.2, 0.25) is 0 Å². The number of hydrogen-bond acceptors (Lipinski definition) is 4. The summed E-state index contributed by atoms with van der Waals surface area (Å²) in [5, 5.41) is 0. The lowest BCUT2D eigenvalue weighted by atomic mass is 10.2. The van der Waals surface area contributed by atoms with Gasteiger partial charge in [-0.1, -0.05) is 44.2 Å². The van der Waals surface area contributed by atoms with Crippen LogP contribution in [-0.4, -0.2) is 25.5 Å². The van der Waals surface area contributed by atoms with Crippen LogP contribution in [0.5, 0.6) is 5.75 Å². The van der Waals surface area contributed by atoms with Gasteiger partial charge in [0.15, 0.2) is 6.29 Å². The fourth-order valence-corrected chi connectivity index (χ4v) is 1.73. The summed E-state index contributed by atoms with van der Waals surface area (Å²) in [6, 6.07) is 7.60. The molecule has 4 nitrogen and oxygen atoms in total. The molecule has 1 rings (SSSR count). The Balaban J connectivity index is 2.23. The summed E-state index contributed by atoms with van der Waals surface area (Å²) in [6.45, 7) is 8.15. The van der Waals surface area contributed by atoms with Crippen molar-refractivity contribution in [3.8, 4) is 5.75 Å². The largest absolute Gasteiger partial charge is 0.465 e. The van der Waals surface area contributed by atoms with Crippen molar-refractivity contribution in [3.05, 3.63) is 36.4 Å². The van der Waals surface area contributed by atoms with Gasteiger partial charge in [-0.15, -0.1) is 0 Å². The Hall–Kier alpha value is -1.81. The topological polar surface area (TPSA) is 44.8 Å². The van der Waals surface area contributed by atoms with E-state index in [1.165, 1.54) is 0 Å². The van der Waals surface area contributed by atoms with Gasteiger partial charge in [0.25, 0.3) is 0 Å². The molecule has 0 bridgehead atoms. The number of carbonyl (C=O) groups excluding carboxylic acids is 1. The lowest BCUT2D eigenvalue weighted by Crippen LogP contribution is -2.20. The molecule has 116 valence electrons. The van der Waals surface area contributed by atoms with Crippen LogP contribution in [0.2, 0.25) is 0 Å². The van der Waals surface area contributed by atoms with Crippen LogP contribution >= 0.6 is 0 Å². The first-order valence-electron chi connectivity index (χ1n) is 7.32. The summed E-state index contributed by atoms with van der Waals surface area (Å²) >= 11 is 0. The van der Waals surface area contributed by atoms with Crippen LogP contribution in [0.25, 0.3) is 6.08 Å². The Bertz CT molecular complexity index is 442. The fraction of sp³-hybridized carbons (Fsp3) is 0.471. The summed E-state index contributed by atoms with van der Waals surface area (Å²) in [5.74, 6) is 0.547. The third-order valence-corrected chi connectivity index (χ3v) is 2.87. The number of rotatable bonds is 10. The van der Waals surface area contributed by atoms with Crippen LogP contribution in [-0.2, 0) is 14.3 Å². The van der Waals surface area contributed by atoms with E-state index in [9.17, 15) is 4.79 Å². The van der Waals surface area contributed by atoms with Crippen molar-refractivity contribution in [2.75, 3.05) is 13.2 Å². The van der Waals surface area contributed by atoms with Crippen LogP contribution in [0.1, 0.15) is 38.7 Å². The standard InChI is InChI=1S/C17H24O4/c1-4-6-11-17(18)20-13-12-19-14(3)21-16-10-8-7-9-15(16)5-2/h5,7-10,14H,2,4,6,11-13H2,1,3H3. The quantitative estimate of drug-likeness (QED) is 0.374. The first kappa shape index (κ1) is 17.2. The highest BCUT2D eigenvalue weighted by molar-refractivity contribution is 5.69. The molecular formula is C17H24O4. The molecule has 0 heterocycles. The van der Waals surface area contributed by atoms with Crippen molar-refractivity contribution in [3.63, 3.8) is 0 Å². The molecule has 0 aliphatic rings. The predicted molar refractivity (Wildman–Crippen MR) is 83.1 cm³/mol. The van der Waals surface area contributed by atoms with Crippen molar-refractivity contribution in [2.45, 2.75) is 39.4 Å². The van der Waals surface area contributed by atoms with Gasteiger partial charge in [-0.2, -0.15) is 0 Å². The molecule has 1 aromatic carbocycles. The Labute approximate surface area is 126 Å². The van der Waals surface area contributed by atoms with E-state index in [1.54, 1.807) is 13.0 Å². The number of carbonyl (C=O) groups is 1. The second kappa shape index (κ2) is 10.00. The third kappa shape index (κ3) is 6.95. The van der Waals surface area contributed by atoms with Crippen molar-refractivity contribution in [2.24, 2.45) is 0 Å². The molecule has 0 aliphatic heterocycles. The van der Waals surface area contributed by atoms with Gasteiger partial charge in [0.1, 0.15) is 12.4 Å². The van der Waals surface area contributed by atoms with E-state index >= 15 is 0 Å². The number of esters is 1. The molecule has 0 fully saturated rings. The maximum absolute atomic E-state index is 11.3. The summed E-state index contributed by atoms with van der Waals surface area (Å²) in [4.78, 5) is 11.3. The van der Waals surface area contributed by atoms with Crippen molar-refractivity contribution in [1.82, 2.24) is 0 Å². The molecule has 4 heteroatoms. The molecular weight excluding hydrogens is 268 g/mol. The van der Waals surface area contributed by atoms with Crippen LogP contribution in [0.3, 0.4) is 0 Å². The number of hydrogen-bond donors (Lipinski definition) is 0. The zero-order valence-electron chi connectivity index (χ0n) is 12.8. The number of unbranched alkanes of at least 4 members (excludes halogenated alkanes) is 1. The molecule has 0 saturated heterocycles. The number of ether oxygens (including phenoxy) is 3. The summed E-state index contributed by atoms with van der Waals surface area (Å²) in [5.41, 5.74) is 0.916. The van der Waals surface area contributed by atoms with E-state index in [-0.39, 0.29) is 12.6 Å². The van der Waals surface area contributed by atoms with E-state index in [0.29, 0.717) is 13.0 Å². The lowest BCUT2D eigenvalue weighted by molar-refractivity contribution is -0.148. The van der Waals surface area contributed by atoms with Crippen LogP contribution < -0.4 is 4.74 Å². The average molecular weight is 292 g/mol. The Morgan fingerprint density at radius 1 is 1.33 bits per heavy atom. The van der Waals surface area contributed by atoms with Crippen molar-refractivity contribution in [1.29, 1.82) is 0 Å². The second-order valence-electron chi connectivity index (χ2n) is 4.62. The summed E-state index contributed by atoms with van der Waals surface area (Å²) in [6.07, 6.45) is 3.63. The minimum absolute atomic E-state index is 0.175. The highest BCUT2D eigenvalue weighted by Gasteiger charge is 2.07. The third-order valence-electron chi connectivity index (χ3n) is 2.87. The van der Waals surface area contributed by atoms with E-state index in [4.69, 9.17) is 14.2 Å². The first-order chi connectivity index (χ1) is 10.2. The highest BCUT2D eigenvalue weighted by Crippen LogP contribution is 2.20. The van der Waals surface area contributed by atoms with Crippen LogP contribution in [0.4, 0.5) is 0 Å². The maximum atomic E-state index is 11.3. The van der Waals surface area contributed by atoms with Gasteiger partial charge in [0, 0.05) is 12.0 Å². The van der Waals surface area contributed by atoms with E-state index in [0.717, 1.165) is 24.2 Å². The predicted octanol–water partition coefficient (Wildman–Crippen LogP) is 3.80. The molecule has 0 N–H and O–H groups in total. The molecule has 0 radical (unpaired) electrons. The van der Waals surface area contributed by atoms with Crippen LogP contribution in [0.15, 0.2) is 30.8 Å². The average Bonchev–Trinajstić information content (AvgIpc) is 2.50. The Morgan fingerprint density at radius 2 is 2.10 bits per heavy atom. The first-order valence-corrected chi connectivity index (χ1v) is 7.32. The smallest absolute Gasteiger partial charge is 0.305 e. The van der Waals surface area contributed by atoms with E-state index < -0.39 is 6.29 Å². The molecule has 1 aromatic rings. The van der Waals surface area contributed by atoms with Gasteiger partial charge >= 0.3 is 5.97 Å². The molecule has 1 unspecified atom stereocenters. The normalized spacial score (nSPS) is 11.7. The van der Waals surface area contributed by atoms with Crippen molar-refractivity contribution >= 4 is 12.0 Å². The van der Waals surface area contributed by atoms with Crippen LogP contribution in [0, 0.1) is 0 Å². The van der Waals surface area contributed by atoms with Gasteiger partial charge in [-0.3, -0.25) is 4.79 Å². The number of benzene rings is 1. The zero-order valence-corrected chi connectivity index (χ0v) is 12.8. The molecule has 0 aliphatic carbocycles. The lowest BCUT2D eigenvalue weighted by Gasteiger charge is -2.17. The molecule has 1 atom stereocenters. The zero-order chi connectivity index (χ0) is 15.5. The number of para-hydroxylation sites is 1. The fourth-order valence-electron chi connectivity index (χ4n) is 1.73. The maximum Gasteiger partial charge on any atom is 0.305 e. The molecule has 21 heavy (non-hydrogen) atoms.